The smallest absolute Gasteiger partial charge is 0.0788 e. The third-order valence-electron chi connectivity index (χ3n) is 8.67. The van der Waals surface area contributed by atoms with E-state index in [9.17, 15) is 0 Å². The summed E-state index contributed by atoms with van der Waals surface area (Å²) in [6.45, 7) is 0. The maximum atomic E-state index is 5.13. The largest absolute Gasteiger partial charge is 0.311 e. The molecule has 2 nitrogen and oxygen atoms in total. The standard InChI is InChI=1S/C45H32N2/c1-4-12-33(13-5-1)35-20-26-40(27-21-35)47(41-28-22-36(23-29-41)34-14-6-2-7-15-34)42-30-24-37(25-31-42)43-32-39-18-10-11-19-44(39)46-45(43)38-16-8-3-9-17-38/h1-32H. The first-order chi connectivity index (χ1) is 23.3. The highest BCUT2D eigenvalue weighted by Gasteiger charge is 2.16. The van der Waals surface area contributed by atoms with Gasteiger partial charge in [-0.05, 0) is 76.3 Å². The highest BCUT2D eigenvalue weighted by atomic mass is 15.1. The summed E-state index contributed by atoms with van der Waals surface area (Å²) in [7, 11) is 0. The van der Waals surface area contributed by atoms with Crippen LogP contribution in [-0.4, -0.2) is 4.98 Å². The van der Waals surface area contributed by atoms with E-state index in [-0.39, 0.29) is 0 Å². The van der Waals surface area contributed by atoms with Crippen molar-refractivity contribution in [2.45, 2.75) is 0 Å². The second kappa shape index (κ2) is 12.6. The molecule has 0 bridgehead atoms. The van der Waals surface area contributed by atoms with Crippen molar-refractivity contribution in [3.63, 3.8) is 0 Å². The van der Waals surface area contributed by atoms with Crippen LogP contribution >= 0.6 is 0 Å². The first-order valence-electron chi connectivity index (χ1n) is 16.0. The fraction of sp³-hybridized carbons (Fsp3) is 0. The van der Waals surface area contributed by atoms with Gasteiger partial charge >= 0.3 is 0 Å². The Labute approximate surface area is 275 Å². The van der Waals surface area contributed by atoms with Gasteiger partial charge in [0.2, 0.25) is 0 Å². The van der Waals surface area contributed by atoms with Gasteiger partial charge in [0, 0.05) is 33.6 Å². The van der Waals surface area contributed by atoms with Gasteiger partial charge in [0.25, 0.3) is 0 Å². The highest BCUT2D eigenvalue weighted by molar-refractivity contribution is 5.92. The van der Waals surface area contributed by atoms with Gasteiger partial charge in [-0.2, -0.15) is 0 Å². The van der Waals surface area contributed by atoms with E-state index in [0.717, 1.165) is 50.3 Å². The van der Waals surface area contributed by atoms with E-state index >= 15 is 0 Å². The van der Waals surface area contributed by atoms with Gasteiger partial charge in [-0.25, -0.2) is 4.98 Å². The SMILES string of the molecule is c1ccc(-c2ccc(N(c3ccc(-c4ccccc4)cc3)c3ccc(-c4cc5ccccc5nc4-c4ccccc4)cc3)cc2)cc1. The zero-order chi connectivity index (χ0) is 31.4. The molecule has 47 heavy (non-hydrogen) atoms. The van der Waals surface area contributed by atoms with Crippen molar-refractivity contribution in [2.24, 2.45) is 0 Å². The number of nitrogens with zero attached hydrogens (tertiary/aromatic N) is 2. The summed E-state index contributed by atoms with van der Waals surface area (Å²) in [6.07, 6.45) is 0. The van der Waals surface area contributed by atoms with Crippen LogP contribution in [0.5, 0.6) is 0 Å². The van der Waals surface area contributed by atoms with Crippen molar-refractivity contribution in [2.75, 3.05) is 4.90 Å². The van der Waals surface area contributed by atoms with Crippen molar-refractivity contribution in [3.8, 4) is 44.6 Å². The molecule has 0 radical (unpaired) electrons. The lowest BCUT2D eigenvalue weighted by Crippen LogP contribution is -2.09. The van der Waals surface area contributed by atoms with Crippen LogP contribution < -0.4 is 4.90 Å². The maximum absolute atomic E-state index is 5.13. The molecule has 0 aliphatic heterocycles. The molecule has 0 saturated carbocycles. The molecule has 1 aromatic heterocycles. The molecule has 0 fully saturated rings. The van der Waals surface area contributed by atoms with Crippen LogP contribution in [0.15, 0.2) is 194 Å². The number of anilines is 3. The summed E-state index contributed by atoms with van der Waals surface area (Å²) >= 11 is 0. The van der Waals surface area contributed by atoms with Crippen LogP contribution in [0.25, 0.3) is 55.5 Å². The van der Waals surface area contributed by atoms with Crippen LogP contribution in [0.3, 0.4) is 0 Å². The Kier molecular flexibility index (Phi) is 7.59. The molecule has 0 spiro atoms. The average molecular weight is 601 g/mol. The fourth-order valence-electron chi connectivity index (χ4n) is 6.26. The normalized spacial score (nSPS) is 11.0. The summed E-state index contributed by atoms with van der Waals surface area (Å²) in [5.74, 6) is 0. The number of hydrogen-bond acceptors (Lipinski definition) is 2. The molecular weight excluding hydrogens is 569 g/mol. The lowest BCUT2D eigenvalue weighted by atomic mass is 9.97. The van der Waals surface area contributed by atoms with Crippen LogP contribution in [0.4, 0.5) is 17.1 Å². The quantitative estimate of drug-likeness (QED) is 0.181. The molecule has 2 heteroatoms. The van der Waals surface area contributed by atoms with Gasteiger partial charge in [0.15, 0.2) is 0 Å². The third kappa shape index (κ3) is 5.81. The zero-order valence-electron chi connectivity index (χ0n) is 25.9. The van der Waals surface area contributed by atoms with Crippen LogP contribution in [0, 0.1) is 0 Å². The predicted molar refractivity (Wildman–Crippen MR) is 198 cm³/mol. The first kappa shape index (κ1) is 28.2. The summed E-state index contributed by atoms with van der Waals surface area (Å²) in [4.78, 5) is 7.45. The van der Waals surface area contributed by atoms with E-state index in [2.05, 4.69) is 187 Å². The molecule has 8 aromatic rings. The van der Waals surface area contributed by atoms with Gasteiger partial charge in [0.05, 0.1) is 11.2 Å². The Morgan fingerprint density at radius 1 is 0.319 bits per heavy atom. The van der Waals surface area contributed by atoms with E-state index in [4.69, 9.17) is 4.98 Å². The minimum absolute atomic E-state index is 0.988. The van der Waals surface area contributed by atoms with Crippen molar-refractivity contribution in [3.05, 3.63) is 194 Å². The summed E-state index contributed by atoms with van der Waals surface area (Å²) < 4.78 is 0. The van der Waals surface area contributed by atoms with Crippen molar-refractivity contribution < 1.29 is 0 Å². The second-order valence-electron chi connectivity index (χ2n) is 11.7. The molecule has 0 N–H and O–H groups in total. The second-order valence-corrected chi connectivity index (χ2v) is 11.7. The Hall–Kier alpha value is -6.25. The van der Waals surface area contributed by atoms with E-state index in [1.807, 2.05) is 12.1 Å². The van der Waals surface area contributed by atoms with E-state index in [1.54, 1.807) is 0 Å². The predicted octanol–water partition coefficient (Wildman–Crippen LogP) is 12.4. The molecule has 8 rings (SSSR count). The van der Waals surface area contributed by atoms with E-state index in [0.29, 0.717) is 0 Å². The van der Waals surface area contributed by atoms with Gasteiger partial charge < -0.3 is 4.90 Å². The third-order valence-corrected chi connectivity index (χ3v) is 8.67. The molecule has 0 aliphatic carbocycles. The molecule has 0 unspecified atom stereocenters. The van der Waals surface area contributed by atoms with E-state index in [1.165, 1.54) is 22.3 Å². The van der Waals surface area contributed by atoms with Crippen molar-refractivity contribution >= 4 is 28.0 Å². The summed E-state index contributed by atoms with van der Waals surface area (Å²) in [5, 5.41) is 1.13. The van der Waals surface area contributed by atoms with E-state index < -0.39 is 0 Å². The maximum Gasteiger partial charge on any atom is 0.0788 e. The Morgan fingerprint density at radius 2 is 0.702 bits per heavy atom. The molecule has 0 amide bonds. The molecule has 0 saturated heterocycles. The molecule has 0 atom stereocenters. The first-order valence-corrected chi connectivity index (χ1v) is 16.0. The minimum Gasteiger partial charge on any atom is -0.311 e. The molecular formula is C45H32N2. The lowest BCUT2D eigenvalue weighted by molar-refractivity contribution is 1.28. The van der Waals surface area contributed by atoms with Gasteiger partial charge in [-0.1, -0.05) is 146 Å². The summed E-state index contributed by atoms with van der Waals surface area (Å²) in [5.41, 5.74) is 13.4. The molecule has 222 valence electrons. The van der Waals surface area contributed by atoms with Crippen LogP contribution in [0.1, 0.15) is 0 Å². The number of hydrogen-bond donors (Lipinski definition) is 0. The Bertz CT molecular complexity index is 2160. The fourth-order valence-corrected chi connectivity index (χ4v) is 6.26. The lowest BCUT2D eigenvalue weighted by Gasteiger charge is -2.26. The number of aromatic nitrogens is 1. The monoisotopic (exact) mass is 600 g/mol. The van der Waals surface area contributed by atoms with Gasteiger partial charge in [-0.3, -0.25) is 0 Å². The minimum atomic E-state index is 0.988. The topological polar surface area (TPSA) is 16.1 Å². The number of rotatable bonds is 7. The number of pyridine rings is 1. The highest BCUT2D eigenvalue weighted by Crippen LogP contribution is 2.39. The number of fused-ring (bicyclic) bond motifs is 1. The Balaban J connectivity index is 1.21. The Morgan fingerprint density at radius 3 is 1.19 bits per heavy atom. The van der Waals surface area contributed by atoms with Crippen LogP contribution in [0.2, 0.25) is 0 Å². The number of para-hydroxylation sites is 1. The summed E-state index contributed by atoms with van der Waals surface area (Å²) in [6, 6.07) is 68.7. The molecule has 1 heterocycles. The zero-order valence-corrected chi connectivity index (χ0v) is 25.9. The van der Waals surface area contributed by atoms with Crippen molar-refractivity contribution in [1.29, 1.82) is 0 Å². The van der Waals surface area contributed by atoms with Gasteiger partial charge in [0.1, 0.15) is 0 Å². The molecule has 0 aliphatic rings. The average Bonchev–Trinajstić information content (AvgIpc) is 3.16. The number of benzene rings is 7. The molecule has 7 aromatic carbocycles. The van der Waals surface area contributed by atoms with Crippen molar-refractivity contribution in [1.82, 2.24) is 4.98 Å². The van der Waals surface area contributed by atoms with Crippen LogP contribution in [-0.2, 0) is 0 Å². The van der Waals surface area contributed by atoms with Gasteiger partial charge in [-0.15, -0.1) is 0 Å².